The van der Waals surface area contributed by atoms with E-state index in [-0.39, 0.29) is 6.04 Å². The smallest absolute Gasteiger partial charge is 0.0897 e. The summed E-state index contributed by atoms with van der Waals surface area (Å²) in [7, 11) is 3.55. The predicted molar refractivity (Wildman–Crippen MR) is 71.6 cm³/mol. The maximum Gasteiger partial charge on any atom is 0.0897 e. The lowest BCUT2D eigenvalue weighted by atomic mass is 10.0. The van der Waals surface area contributed by atoms with Gasteiger partial charge in [-0.1, -0.05) is 6.92 Å². The molecule has 0 amide bonds. The van der Waals surface area contributed by atoms with Crippen LogP contribution in [0.25, 0.3) is 0 Å². The van der Waals surface area contributed by atoms with Crippen molar-refractivity contribution in [1.29, 1.82) is 0 Å². The molecule has 1 aromatic heterocycles. The largest absolute Gasteiger partial charge is 0.389 e. The molecule has 2 atom stereocenters. The molecule has 5 nitrogen and oxygen atoms in total. The molecular formula is C13H25N3O2. The van der Waals surface area contributed by atoms with E-state index in [9.17, 15) is 5.11 Å². The number of aliphatic hydroxyl groups is 1. The van der Waals surface area contributed by atoms with Crippen LogP contribution in [0.4, 0.5) is 0 Å². The van der Waals surface area contributed by atoms with Crippen LogP contribution < -0.4 is 5.32 Å². The molecule has 0 aliphatic rings. The second-order valence-electron chi connectivity index (χ2n) is 4.69. The lowest BCUT2D eigenvalue weighted by Gasteiger charge is -2.20. The van der Waals surface area contributed by atoms with E-state index in [0.717, 1.165) is 12.1 Å². The summed E-state index contributed by atoms with van der Waals surface area (Å²) < 4.78 is 6.82. The highest BCUT2D eigenvalue weighted by atomic mass is 16.5. The van der Waals surface area contributed by atoms with E-state index < -0.39 is 6.10 Å². The summed E-state index contributed by atoms with van der Waals surface area (Å²) in [5.74, 6) is 0. The fourth-order valence-electron chi connectivity index (χ4n) is 2.27. The highest BCUT2D eigenvalue weighted by Crippen LogP contribution is 2.23. The molecule has 0 fully saturated rings. The molecule has 0 saturated heterocycles. The summed E-state index contributed by atoms with van der Waals surface area (Å²) >= 11 is 0. The molecule has 5 heteroatoms. The predicted octanol–water partition coefficient (Wildman–Crippen LogP) is 1.08. The Bertz CT molecular complexity index is 377. The van der Waals surface area contributed by atoms with Crippen molar-refractivity contribution < 1.29 is 9.84 Å². The van der Waals surface area contributed by atoms with Crippen molar-refractivity contribution in [3.8, 4) is 0 Å². The first-order valence-electron chi connectivity index (χ1n) is 6.41. The third-order valence-electron chi connectivity index (χ3n) is 3.28. The highest BCUT2D eigenvalue weighted by molar-refractivity contribution is 5.28. The minimum atomic E-state index is -0.471. The zero-order valence-corrected chi connectivity index (χ0v) is 12.0. The van der Waals surface area contributed by atoms with Crippen LogP contribution in [0.1, 0.15) is 36.3 Å². The van der Waals surface area contributed by atoms with Gasteiger partial charge in [0, 0.05) is 38.0 Å². The van der Waals surface area contributed by atoms with Gasteiger partial charge in [0.1, 0.15) is 0 Å². The fraction of sp³-hybridized carbons (Fsp3) is 0.769. The van der Waals surface area contributed by atoms with Gasteiger partial charge >= 0.3 is 0 Å². The fourth-order valence-corrected chi connectivity index (χ4v) is 2.27. The first-order chi connectivity index (χ1) is 8.51. The van der Waals surface area contributed by atoms with Gasteiger partial charge < -0.3 is 15.2 Å². The van der Waals surface area contributed by atoms with Crippen molar-refractivity contribution in [1.82, 2.24) is 15.1 Å². The second kappa shape index (κ2) is 6.87. The van der Waals surface area contributed by atoms with Gasteiger partial charge in [0.05, 0.1) is 18.4 Å². The van der Waals surface area contributed by atoms with Crippen molar-refractivity contribution in [3.05, 3.63) is 17.0 Å². The van der Waals surface area contributed by atoms with E-state index in [1.54, 1.807) is 7.11 Å². The van der Waals surface area contributed by atoms with E-state index in [0.29, 0.717) is 13.2 Å². The molecule has 0 spiro atoms. The first kappa shape index (κ1) is 15.1. The van der Waals surface area contributed by atoms with E-state index in [2.05, 4.69) is 24.3 Å². The molecular weight excluding hydrogens is 230 g/mol. The van der Waals surface area contributed by atoms with Gasteiger partial charge in [0.15, 0.2) is 0 Å². The molecule has 2 unspecified atom stereocenters. The number of aliphatic hydroxyl groups excluding tert-OH is 1. The van der Waals surface area contributed by atoms with E-state index in [4.69, 9.17) is 4.74 Å². The Morgan fingerprint density at radius 3 is 2.56 bits per heavy atom. The number of nitrogens with zero attached hydrogens (tertiary/aromatic N) is 2. The van der Waals surface area contributed by atoms with Crippen LogP contribution in [0, 0.1) is 13.8 Å². The zero-order valence-electron chi connectivity index (χ0n) is 12.0. The molecule has 0 aliphatic heterocycles. The summed E-state index contributed by atoms with van der Waals surface area (Å²) in [4.78, 5) is 0. The molecule has 1 heterocycles. The van der Waals surface area contributed by atoms with E-state index in [1.165, 1.54) is 11.3 Å². The zero-order chi connectivity index (χ0) is 13.7. The lowest BCUT2D eigenvalue weighted by molar-refractivity contribution is 0.0625. The molecule has 0 aromatic carbocycles. The minimum Gasteiger partial charge on any atom is -0.389 e. The first-order valence-corrected chi connectivity index (χ1v) is 6.41. The number of hydrogen-bond donors (Lipinski definition) is 2. The average Bonchev–Trinajstić information content (AvgIpc) is 2.56. The molecule has 1 aromatic rings. The Balaban J connectivity index is 2.71. The Morgan fingerprint density at radius 2 is 2.11 bits per heavy atom. The third-order valence-corrected chi connectivity index (χ3v) is 3.28. The number of hydrogen-bond acceptors (Lipinski definition) is 4. The third kappa shape index (κ3) is 3.54. The van der Waals surface area contributed by atoms with Gasteiger partial charge in [-0.05, 0) is 20.3 Å². The standard InChI is InChI=1S/C13H25N3O2/c1-6-12(14-7-11(17)8-18-5)13-9(2)15-16(4)10(13)3/h11-12,14,17H,6-8H2,1-5H3. The Morgan fingerprint density at radius 1 is 1.44 bits per heavy atom. The second-order valence-corrected chi connectivity index (χ2v) is 4.69. The highest BCUT2D eigenvalue weighted by Gasteiger charge is 2.19. The SMILES string of the molecule is CCC(NCC(O)COC)c1c(C)nn(C)c1C. The van der Waals surface area contributed by atoms with Gasteiger partial charge in [0.25, 0.3) is 0 Å². The summed E-state index contributed by atoms with van der Waals surface area (Å²) in [5, 5.41) is 17.5. The Labute approximate surface area is 109 Å². The number of aryl methyl sites for hydroxylation is 2. The van der Waals surface area contributed by atoms with Gasteiger partial charge in [-0.15, -0.1) is 0 Å². The summed E-state index contributed by atoms with van der Waals surface area (Å²) in [6.45, 7) is 7.12. The van der Waals surface area contributed by atoms with Crippen LogP contribution >= 0.6 is 0 Å². The number of aromatic nitrogens is 2. The van der Waals surface area contributed by atoms with Crippen LogP contribution in [-0.2, 0) is 11.8 Å². The summed E-state index contributed by atoms with van der Waals surface area (Å²) in [6.07, 6.45) is 0.494. The molecule has 0 saturated carbocycles. The maximum absolute atomic E-state index is 9.68. The van der Waals surface area contributed by atoms with E-state index >= 15 is 0 Å². The van der Waals surface area contributed by atoms with Crippen LogP contribution in [0.15, 0.2) is 0 Å². The van der Waals surface area contributed by atoms with E-state index in [1.807, 2.05) is 18.7 Å². The monoisotopic (exact) mass is 255 g/mol. The van der Waals surface area contributed by atoms with Crippen LogP contribution in [0.5, 0.6) is 0 Å². The Kier molecular flexibility index (Phi) is 5.78. The molecule has 18 heavy (non-hydrogen) atoms. The molecule has 0 radical (unpaired) electrons. The molecule has 104 valence electrons. The average molecular weight is 255 g/mol. The van der Waals surface area contributed by atoms with Crippen LogP contribution in [0.3, 0.4) is 0 Å². The lowest BCUT2D eigenvalue weighted by Crippen LogP contribution is -2.33. The van der Waals surface area contributed by atoms with Gasteiger partial charge in [0.2, 0.25) is 0 Å². The maximum atomic E-state index is 9.68. The molecule has 2 N–H and O–H groups in total. The number of ether oxygens (including phenoxy) is 1. The minimum absolute atomic E-state index is 0.227. The quantitative estimate of drug-likeness (QED) is 0.765. The van der Waals surface area contributed by atoms with Crippen LogP contribution in [-0.4, -0.2) is 41.3 Å². The Hall–Kier alpha value is -0.910. The van der Waals surface area contributed by atoms with Gasteiger partial charge in [-0.2, -0.15) is 5.10 Å². The molecule has 1 rings (SSSR count). The van der Waals surface area contributed by atoms with Crippen molar-refractivity contribution in [2.24, 2.45) is 7.05 Å². The number of rotatable bonds is 7. The van der Waals surface area contributed by atoms with Crippen molar-refractivity contribution in [2.45, 2.75) is 39.3 Å². The summed E-state index contributed by atoms with van der Waals surface area (Å²) in [6, 6.07) is 0.227. The van der Waals surface area contributed by atoms with Crippen molar-refractivity contribution in [2.75, 3.05) is 20.3 Å². The number of methoxy groups -OCH3 is 1. The molecule has 0 bridgehead atoms. The number of nitrogens with one attached hydrogen (secondary N) is 1. The van der Waals surface area contributed by atoms with Crippen molar-refractivity contribution in [3.63, 3.8) is 0 Å². The summed E-state index contributed by atoms with van der Waals surface area (Å²) in [5.41, 5.74) is 3.47. The topological polar surface area (TPSA) is 59.3 Å². The van der Waals surface area contributed by atoms with Gasteiger partial charge in [-0.25, -0.2) is 0 Å². The van der Waals surface area contributed by atoms with Crippen molar-refractivity contribution >= 4 is 0 Å². The molecule has 0 aliphatic carbocycles. The van der Waals surface area contributed by atoms with Crippen LogP contribution in [0.2, 0.25) is 0 Å². The van der Waals surface area contributed by atoms with Gasteiger partial charge in [-0.3, -0.25) is 4.68 Å². The normalized spacial score (nSPS) is 14.8.